The van der Waals surface area contributed by atoms with Crippen molar-refractivity contribution in [2.45, 2.75) is 26.6 Å². The molecule has 198 valence electrons. The van der Waals surface area contributed by atoms with E-state index in [0.29, 0.717) is 34.0 Å². The molecule has 0 radical (unpaired) electrons. The van der Waals surface area contributed by atoms with Crippen molar-refractivity contribution < 1.29 is 14.3 Å². The lowest BCUT2D eigenvalue weighted by atomic mass is 10.1. The van der Waals surface area contributed by atoms with Crippen LogP contribution in [-0.2, 0) is 11.4 Å². The van der Waals surface area contributed by atoms with Crippen LogP contribution in [0.4, 0.5) is 11.4 Å². The Kier molecular flexibility index (Phi) is 8.05. The number of rotatable bonds is 9. The van der Waals surface area contributed by atoms with Crippen molar-refractivity contribution in [3.63, 3.8) is 0 Å². The third-order valence-electron chi connectivity index (χ3n) is 6.26. The van der Waals surface area contributed by atoms with Gasteiger partial charge in [0.25, 0.3) is 0 Å². The number of nitrogens with zero attached hydrogens (tertiary/aromatic N) is 3. The van der Waals surface area contributed by atoms with Crippen molar-refractivity contribution in [2.75, 3.05) is 16.5 Å². The van der Waals surface area contributed by atoms with Gasteiger partial charge in [0.1, 0.15) is 6.61 Å². The Hall–Kier alpha value is -4.00. The summed E-state index contributed by atoms with van der Waals surface area (Å²) >= 11 is 12.7. The second kappa shape index (κ2) is 11.8. The van der Waals surface area contributed by atoms with Crippen LogP contribution in [-0.4, -0.2) is 18.2 Å². The number of hydrogen-bond donors (Lipinski definition) is 0. The van der Waals surface area contributed by atoms with Crippen LogP contribution in [0.15, 0.2) is 102 Å². The van der Waals surface area contributed by atoms with Crippen LogP contribution in [0.3, 0.4) is 0 Å². The van der Waals surface area contributed by atoms with E-state index in [0.717, 1.165) is 22.5 Å². The normalized spacial score (nSPS) is 14.8. The zero-order valence-electron chi connectivity index (χ0n) is 21.6. The zero-order chi connectivity index (χ0) is 27.4. The molecule has 0 unspecified atom stereocenters. The van der Waals surface area contributed by atoms with E-state index in [1.807, 2.05) is 102 Å². The number of carbonyl (C=O) groups excluding carboxylic acids is 1. The topological polar surface area (TPSA) is 54.4 Å². The molecule has 0 amide bonds. The molecule has 0 aliphatic carbocycles. The van der Waals surface area contributed by atoms with Crippen LogP contribution in [0.2, 0.25) is 10.0 Å². The molecular weight excluding hydrogens is 533 g/mol. The van der Waals surface area contributed by atoms with E-state index < -0.39 is 6.17 Å². The molecule has 1 aliphatic rings. The Morgan fingerprint density at radius 3 is 2.26 bits per heavy atom. The van der Waals surface area contributed by atoms with Crippen LogP contribution >= 0.6 is 23.2 Å². The van der Waals surface area contributed by atoms with Crippen molar-refractivity contribution in [3.05, 3.63) is 118 Å². The quantitative estimate of drug-likeness (QED) is 0.208. The lowest BCUT2D eigenvalue weighted by Gasteiger charge is -2.33. The summed E-state index contributed by atoms with van der Waals surface area (Å²) in [7, 11) is 0. The van der Waals surface area contributed by atoms with E-state index in [-0.39, 0.29) is 12.4 Å². The highest BCUT2D eigenvalue weighted by molar-refractivity contribution is 6.44. The number of hydrazone groups is 1. The van der Waals surface area contributed by atoms with Gasteiger partial charge in [0.15, 0.2) is 29.3 Å². The second-order valence-corrected chi connectivity index (χ2v) is 9.71. The molecule has 6 nitrogen and oxygen atoms in total. The molecule has 0 saturated heterocycles. The number of amidine groups is 1. The monoisotopic (exact) mass is 559 g/mol. The standard InChI is InChI=1S/C31H27Cl2N3O3/c1-3-38-28-15-9-13-26(29(28)39-20-22-10-7-8-14-27(22)33)31-35(24-18-16-23(32)17-19-24)30(21(2)37)34-36(31)25-11-5-4-6-12-25/h4-19,31H,3,20H2,1-2H3/t31-/m0/s1. The second-order valence-electron chi connectivity index (χ2n) is 8.87. The first-order valence-electron chi connectivity index (χ1n) is 12.6. The van der Waals surface area contributed by atoms with Crippen LogP contribution in [0.1, 0.15) is 31.1 Å². The zero-order valence-corrected chi connectivity index (χ0v) is 23.1. The third-order valence-corrected chi connectivity index (χ3v) is 6.89. The maximum atomic E-state index is 13.0. The molecule has 0 N–H and O–H groups in total. The van der Waals surface area contributed by atoms with Gasteiger partial charge in [-0.25, -0.2) is 5.01 Å². The highest BCUT2D eigenvalue weighted by atomic mass is 35.5. The maximum Gasteiger partial charge on any atom is 0.198 e. The van der Waals surface area contributed by atoms with Crippen molar-refractivity contribution in [3.8, 4) is 11.5 Å². The fraction of sp³-hybridized carbons (Fsp3) is 0.161. The minimum Gasteiger partial charge on any atom is -0.490 e. The van der Waals surface area contributed by atoms with Gasteiger partial charge >= 0.3 is 0 Å². The van der Waals surface area contributed by atoms with Gasteiger partial charge in [-0.3, -0.25) is 9.69 Å². The average molecular weight is 560 g/mol. The van der Waals surface area contributed by atoms with E-state index in [9.17, 15) is 4.79 Å². The highest BCUT2D eigenvalue weighted by Gasteiger charge is 2.41. The number of hydrogen-bond acceptors (Lipinski definition) is 6. The van der Waals surface area contributed by atoms with Crippen molar-refractivity contribution in [2.24, 2.45) is 5.10 Å². The fourth-order valence-corrected chi connectivity index (χ4v) is 4.83. The first-order valence-corrected chi connectivity index (χ1v) is 13.3. The highest BCUT2D eigenvalue weighted by Crippen LogP contribution is 2.45. The number of Topliss-reactive ketones (excluding diaryl/α,β-unsaturated/α-hetero) is 1. The summed E-state index contributed by atoms with van der Waals surface area (Å²) < 4.78 is 12.5. The van der Waals surface area contributed by atoms with Crippen LogP contribution in [0.25, 0.3) is 0 Å². The summed E-state index contributed by atoms with van der Waals surface area (Å²) in [4.78, 5) is 14.9. The Balaban J connectivity index is 1.68. The van der Waals surface area contributed by atoms with Gasteiger partial charge in [-0.1, -0.05) is 71.7 Å². The Morgan fingerprint density at radius 1 is 0.846 bits per heavy atom. The molecule has 5 rings (SSSR count). The van der Waals surface area contributed by atoms with Gasteiger partial charge in [-0.2, -0.15) is 0 Å². The molecule has 4 aromatic carbocycles. The smallest absolute Gasteiger partial charge is 0.198 e. The number of ketones is 1. The molecule has 0 fully saturated rings. The molecule has 4 aromatic rings. The molecule has 0 saturated carbocycles. The molecule has 0 bridgehead atoms. The van der Waals surface area contributed by atoms with E-state index in [1.165, 1.54) is 6.92 Å². The lowest BCUT2D eigenvalue weighted by molar-refractivity contribution is -0.111. The Labute approximate surface area is 238 Å². The average Bonchev–Trinajstić information content (AvgIpc) is 3.35. The van der Waals surface area contributed by atoms with E-state index in [1.54, 1.807) is 12.1 Å². The molecule has 1 atom stereocenters. The fourth-order valence-electron chi connectivity index (χ4n) is 4.51. The number of carbonyl (C=O) groups is 1. The minimum absolute atomic E-state index is 0.173. The van der Waals surface area contributed by atoms with Gasteiger partial charge < -0.3 is 9.47 Å². The molecule has 1 aliphatic heterocycles. The molecule has 39 heavy (non-hydrogen) atoms. The van der Waals surface area contributed by atoms with Crippen LogP contribution in [0.5, 0.6) is 11.5 Å². The number of ether oxygens (including phenoxy) is 2. The summed E-state index contributed by atoms with van der Waals surface area (Å²) in [6.45, 7) is 4.12. The largest absolute Gasteiger partial charge is 0.490 e. The first kappa shape index (κ1) is 26.6. The molecular formula is C31H27Cl2N3O3. The number of anilines is 2. The lowest BCUT2D eigenvalue weighted by Crippen LogP contribution is -2.38. The maximum absolute atomic E-state index is 13.0. The summed E-state index contributed by atoms with van der Waals surface area (Å²) in [5.74, 6) is 1.25. The molecule has 1 heterocycles. The first-order chi connectivity index (χ1) is 19.0. The number of halogens is 2. The Morgan fingerprint density at radius 2 is 1.56 bits per heavy atom. The van der Waals surface area contributed by atoms with E-state index in [4.69, 9.17) is 37.8 Å². The van der Waals surface area contributed by atoms with E-state index >= 15 is 0 Å². The van der Waals surface area contributed by atoms with Gasteiger partial charge in [0.2, 0.25) is 0 Å². The SMILES string of the molecule is CCOc1cccc([C@@H]2N(c3ccccc3)N=C(C(C)=O)N2c2ccc(Cl)cc2)c1OCc1ccccc1Cl. The van der Waals surface area contributed by atoms with Crippen LogP contribution in [0, 0.1) is 0 Å². The summed E-state index contributed by atoms with van der Waals surface area (Å²) in [6, 6.07) is 30.4. The van der Waals surface area contributed by atoms with Crippen molar-refractivity contribution in [1.82, 2.24) is 0 Å². The van der Waals surface area contributed by atoms with Gasteiger partial charge in [-0.05, 0) is 55.5 Å². The predicted molar refractivity (Wildman–Crippen MR) is 157 cm³/mol. The van der Waals surface area contributed by atoms with Gasteiger partial charge in [-0.15, -0.1) is 5.10 Å². The van der Waals surface area contributed by atoms with Crippen molar-refractivity contribution in [1.29, 1.82) is 0 Å². The van der Waals surface area contributed by atoms with Crippen molar-refractivity contribution >= 4 is 46.2 Å². The molecule has 8 heteroatoms. The van der Waals surface area contributed by atoms with Gasteiger partial charge in [0, 0.05) is 33.8 Å². The van der Waals surface area contributed by atoms with Gasteiger partial charge in [0.05, 0.1) is 12.3 Å². The van der Waals surface area contributed by atoms with Crippen LogP contribution < -0.4 is 19.4 Å². The number of benzene rings is 4. The minimum atomic E-state index is -0.561. The van der Waals surface area contributed by atoms with E-state index in [2.05, 4.69) is 0 Å². The summed E-state index contributed by atoms with van der Waals surface area (Å²) in [5.41, 5.74) is 3.19. The third kappa shape index (κ3) is 5.58. The molecule has 0 spiro atoms. The molecule has 0 aromatic heterocycles. The summed E-state index contributed by atoms with van der Waals surface area (Å²) in [6.07, 6.45) is -0.561. The Bertz CT molecular complexity index is 1490. The number of para-hydroxylation sites is 2. The summed E-state index contributed by atoms with van der Waals surface area (Å²) in [5, 5.41) is 7.86. The predicted octanol–water partition coefficient (Wildman–Crippen LogP) is 7.90.